The van der Waals surface area contributed by atoms with E-state index in [2.05, 4.69) is 29.4 Å². The average molecular weight is 404 g/mol. The fourth-order valence-corrected chi connectivity index (χ4v) is 3.76. The smallest absolute Gasteiger partial charge is 0.0613 e. The summed E-state index contributed by atoms with van der Waals surface area (Å²) in [5, 5.41) is 7.53. The first-order valence-electron chi connectivity index (χ1n) is 8.51. The Morgan fingerprint density at radius 3 is 2.31 bits per heavy atom. The predicted molar refractivity (Wildman–Crippen MR) is 115 cm³/mol. The van der Waals surface area contributed by atoms with E-state index in [0.29, 0.717) is 10.0 Å². The Labute approximate surface area is 167 Å². The minimum atomic E-state index is 0.558. The van der Waals surface area contributed by atoms with E-state index in [1.54, 1.807) is 0 Å². The van der Waals surface area contributed by atoms with E-state index in [0.717, 1.165) is 51.0 Å². The Hall–Kier alpha value is -1.87. The SMILES string of the molecule is CCCc1cc(Nc2ccc(Cl)cc2)cc2c1[nH]c1cc(Cl)c(Cl)cc12. The maximum atomic E-state index is 6.26. The normalized spacial score (nSPS) is 11.4. The first-order valence-corrected chi connectivity index (χ1v) is 9.64. The lowest BCUT2D eigenvalue weighted by Crippen LogP contribution is -1.93. The number of rotatable bonds is 4. The van der Waals surface area contributed by atoms with Crippen LogP contribution in [0, 0.1) is 0 Å². The topological polar surface area (TPSA) is 27.8 Å². The standard InChI is InChI=1S/C21H17Cl3N2/c1-2-3-12-8-15(25-14-6-4-13(22)5-7-14)9-17-16-10-18(23)19(24)11-20(16)26-21(12)17/h4-11,25-26H,2-3H2,1H3. The lowest BCUT2D eigenvalue weighted by molar-refractivity contribution is 0.928. The van der Waals surface area contributed by atoms with Crippen molar-refractivity contribution < 1.29 is 0 Å². The van der Waals surface area contributed by atoms with Gasteiger partial charge in [-0.3, -0.25) is 0 Å². The summed E-state index contributed by atoms with van der Waals surface area (Å²) in [4.78, 5) is 3.51. The van der Waals surface area contributed by atoms with Gasteiger partial charge < -0.3 is 10.3 Å². The van der Waals surface area contributed by atoms with Crippen LogP contribution >= 0.6 is 34.8 Å². The lowest BCUT2D eigenvalue weighted by atomic mass is 10.0. The van der Waals surface area contributed by atoms with Crippen molar-refractivity contribution in [2.45, 2.75) is 19.8 Å². The number of aryl methyl sites for hydroxylation is 1. The molecular weight excluding hydrogens is 387 g/mol. The van der Waals surface area contributed by atoms with Gasteiger partial charge in [0.1, 0.15) is 0 Å². The molecule has 3 aromatic carbocycles. The molecule has 0 aliphatic carbocycles. The maximum Gasteiger partial charge on any atom is 0.0613 e. The van der Waals surface area contributed by atoms with Crippen molar-refractivity contribution in [3.05, 3.63) is 69.2 Å². The zero-order chi connectivity index (χ0) is 18.3. The molecule has 4 aromatic rings. The van der Waals surface area contributed by atoms with Crippen molar-refractivity contribution in [2.75, 3.05) is 5.32 Å². The number of anilines is 2. The minimum absolute atomic E-state index is 0.558. The van der Waals surface area contributed by atoms with E-state index in [1.807, 2.05) is 36.4 Å². The van der Waals surface area contributed by atoms with Gasteiger partial charge >= 0.3 is 0 Å². The van der Waals surface area contributed by atoms with E-state index in [-0.39, 0.29) is 0 Å². The summed E-state index contributed by atoms with van der Waals surface area (Å²) in [5.41, 5.74) is 5.44. The zero-order valence-electron chi connectivity index (χ0n) is 14.2. The highest BCUT2D eigenvalue weighted by atomic mass is 35.5. The Morgan fingerprint density at radius 2 is 1.58 bits per heavy atom. The molecule has 0 saturated heterocycles. The number of nitrogens with one attached hydrogen (secondary N) is 2. The van der Waals surface area contributed by atoms with Gasteiger partial charge in [0, 0.05) is 38.2 Å². The van der Waals surface area contributed by atoms with Crippen LogP contribution in [0.25, 0.3) is 21.8 Å². The third-order valence-electron chi connectivity index (χ3n) is 4.48. The molecule has 1 heterocycles. The average Bonchev–Trinajstić information content (AvgIpc) is 2.96. The number of halogens is 3. The summed E-state index contributed by atoms with van der Waals surface area (Å²) < 4.78 is 0. The molecule has 0 saturated carbocycles. The molecule has 1 aromatic heterocycles. The van der Waals surface area contributed by atoms with E-state index < -0.39 is 0 Å². The van der Waals surface area contributed by atoms with Crippen molar-refractivity contribution in [3.8, 4) is 0 Å². The van der Waals surface area contributed by atoms with Gasteiger partial charge in [0.25, 0.3) is 0 Å². The lowest BCUT2D eigenvalue weighted by Gasteiger charge is -2.10. The molecule has 4 rings (SSSR count). The summed E-state index contributed by atoms with van der Waals surface area (Å²) in [5.74, 6) is 0. The molecule has 0 unspecified atom stereocenters. The van der Waals surface area contributed by atoms with E-state index in [1.165, 1.54) is 5.56 Å². The molecule has 132 valence electrons. The zero-order valence-corrected chi connectivity index (χ0v) is 16.4. The van der Waals surface area contributed by atoms with Crippen molar-refractivity contribution in [3.63, 3.8) is 0 Å². The van der Waals surface area contributed by atoms with Gasteiger partial charge in [-0.1, -0.05) is 48.1 Å². The van der Waals surface area contributed by atoms with Crippen molar-refractivity contribution in [1.82, 2.24) is 4.98 Å². The summed E-state index contributed by atoms with van der Waals surface area (Å²) in [6, 6.07) is 15.9. The summed E-state index contributed by atoms with van der Waals surface area (Å²) in [6.07, 6.45) is 2.05. The van der Waals surface area contributed by atoms with Crippen LogP contribution in [0.5, 0.6) is 0 Å². The summed E-state index contributed by atoms with van der Waals surface area (Å²) in [7, 11) is 0. The fourth-order valence-electron chi connectivity index (χ4n) is 3.31. The monoisotopic (exact) mass is 402 g/mol. The number of aromatic nitrogens is 1. The highest BCUT2D eigenvalue weighted by molar-refractivity contribution is 6.43. The minimum Gasteiger partial charge on any atom is -0.355 e. The Balaban J connectivity index is 1.89. The second-order valence-electron chi connectivity index (χ2n) is 6.38. The van der Waals surface area contributed by atoms with Crippen LogP contribution < -0.4 is 5.32 Å². The molecule has 2 nitrogen and oxygen atoms in total. The summed E-state index contributed by atoms with van der Waals surface area (Å²) >= 11 is 18.4. The van der Waals surface area contributed by atoms with Gasteiger partial charge in [-0.15, -0.1) is 0 Å². The number of hydrogen-bond acceptors (Lipinski definition) is 1. The fraction of sp³-hybridized carbons (Fsp3) is 0.143. The molecule has 0 fully saturated rings. The number of benzene rings is 3. The Morgan fingerprint density at radius 1 is 0.846 bits per heavy atom. The van der Waals surface area contributed by atoms with Gasteiger partial charge in [-0.25, -0.2) is 0 Å². The van der Waals surface area contributed by atoms with Crippen LogP contribution in [0.3, 0.4) is 0 Å². The van der Waals surface area contributed by atoms with Gasteiger partial charge in [0.15, 0.2) is 0 Å². The second-order valence-corrected chi connectivity index (χ2v) is 7.63. The second kappa shape index (κ2) is 7.03. The molecule has 0 spiro atoms. The van der Waals surface area contributed by atoms with Crippen LogP contribution in [0.1, 0.15) is 18.9 Å². The third-order valence-corrected chi connectivity index (χ3v) is 5.46. The van der Waals surface area contributed by atoms with Crippen LogP contribution in [0.15, 0.2) is 48.5 Å². The first-order chi connectivity index (χ1) is 12.5. The van der Waals surface area contributed by atoms with Crippen molar-refractivity contribution >= 4 is 68.0 Å². The van der Waals surface area contributed by atoms with Gasteiger partial charge in [-0.2, -0.15) is 0 Å². The van der Waals surface area contributed by atoms with Gasteiger partial charge in [0.05, 0.1) is 10.0 Å². The third kappa shape index (κ3) is 3.25. The number of aromatic amines is 1. The van der Waals surface area contributed by atoms with Crippen LogP contribution in [-0.4, -0.2) is 4.98 Å². The molecule has 0 bridgehead atoms. The highest BCUT2D eigenvalue weighted by Gasteiger charge is 2.12. The van der Waals surface area contributed by atoms with Crippen LogP contribution in [-0.2, 0) is 6.42 Å². The molecule has 26 heavy (non-hydrogen) atoms. The number of H-pyrrole nitrogens is 1. The maximum absolute atomic E-state index is 6.26. The van der Waals surface area contributed by atoms with E-state index in [4.69, 9.17) is 34.8 Å². The molecule has 0 aliphatic heterocycles. The van der Waals surface area contributed by atoms with Crippen molar-refractivity contribution in [2.24, 2.45) is 0 Å². The molecule has 0 atom stereocenters. The highest BCUT2D eigenvalue weighted by Crippen LogP contribution is 2.36. The summed E-state index contributed by atoms with van der Waals surface area (Å²) in [6.45, 7) is 2.18. The first kappa shape index (κ1) is 17.5. The van der Waals surface area contributed by atoms with E-state index >= 15 is 0 Å². The molecule has 0 amide bonds. The predicted octanol–water partition coefficient (Wildman–Crippen LogP) is 7.98. The Bertz CT molecular complexity index is 1100. The number of hydrogen-bond donors (Lipinski definition) is 2. The largest absolute Gasteiger partial charge is 0.355 e. The molecule has 0 radical (unpaired) electrons. The van der Waals surface area contributed by atoms with Crippen LogP contribution in [0.2, 0.25) is 15.1 Å². The molecular formula is C21H17Cl3N2. The van der Waals surface area contributed by atoms with Crippen LogP contribution in [0.4, 0.5) is 11.4 Å². The van der Waals surface area contributed by atoms with Crippen molar-refractivity contribution in [1.29, 1.82) is 0 Å². The van der Waals surface area contributed by atoms with E-state index in [9.17, 15) is 0 Å². The number of fused-ring (bicyclic) bond motifs is 3. The van der Waals surface area contributed by atoms with Gasteiger partial charge in [0.2, 0.25) is 0 Å². The molecule has 0 aliphatic rings. The van der Waals surface area contributed by atoms with Gasteiger partial charge in [-0.05, 0) is 60.5 Å². The molecule has 5 heteroatoms. The Kier molecular flexibility index (Phi) is 4.74. The molecule has 2 N–H and O–H groups in total. The quantitative estimate of drug-likeness (QED) is 0.355.